The fourth-order valence-electron chi connectivity index (χ4n) is 3.16. The van der Waals surface area contributed by atoms with Gasteiger partial charge in [0.1, 0.15) is 17.2 Å². The summed E-state index contributed by atoms with van der Waals surface area (Å²) in [4.78, 5) is 12.6. The van der Waals surface area contributed by atoms with Crippen molar-refractivity contribution in [2.75, 3.05) is 5.32 Å². The lowest BCUT2D eigenvalue weighted by Gasteiger charge is -2.11. The molecule has 0 aromatic heterocycles. The molecule has 5 nitrogen and oxygen atoms in total. The molecule has 3 aromatic carbocycles. The minimum atomic E-state index is -4.49. The van der Waals surface area contributed by atoms with Crippen LogP contribution in [0, 0.1) is 13.8 Å². The van der Waals surface area contributed by atoms with Gasteiger partial charge in [-0.15, -0.1) is 0 Å². The Labute approximate surface area is 181 Å². The summed E-state index contributed by atoms with van der Waals surface area (Å²) in [6, 6.07) is 8.05. The average molecular weight is 443 g/mol. The highest BCUT2D eigenvalue weighted by Crippen LogP contribution is 2.30. The number of amides is 1. The van der Waals surface area contributed by atoms with Crippen LogP contribution in [0.2, 0.25) is 0 Å². The van der Waals surface area contributed by atoms with E-state index in [0.717, 1.165) is 24.3 Å². The smallest absolute Gasteiger partial charge is 0.416 e. The number of nitrogens with one attached hydrogen (secondary N) is 1. The molecule has 0 spiro atoms. The lowest BCUT2D eigenvalue weighted by molar-refractivity contribution is -0.137. The molecule has 4 N–H and O–H groups in total. The molecule has 0 saturated carbocycles. The molecule has 32 heavy (non-hydrogen) atoms. The van der Waals surface area contributed by atoms with Gasteiger partial charge in [0.15, 0.2) is 0 Å². The normalized spacial score (nSPS) is 12.1. The van der Waals surface area contributed by atoms with Crippen molar-refractivity contribution in [2.24, 2.45) is 0 Å². The van der Waals surface area contributed by atoms with E-state index in [2.05, 4.69) is 11.9 Å². The van der Waals surface area contributed by atoms with E-state index in [9.17, 15) is 33.3 Å². The second kappa shape index (κ2) is 8.30. The number of phenolic OH excluding ortho intramolecular Hbond substituents is 3. The molecule has 0 unspecified atom stereocenters. The van der Waals surface area contributed by atoms with Gasteiger partial charge in [0.2, 0.25) is 0 Å². The molecule has 0 radical (unpaired) electrons. The zero-order valence-corrected chi connectivity index (χ0v) is 17.2. The summed E-state index contributed by atoms with van der Waals surface area (Å²) in [5, 5.41) is 33.9. The van der Waals surface area contributed by atoms with Gasteiger partial charge in [0, 0.05) is 27.3 Å². The van der Waals surface area contributed by atoms with Crippen LogP contribution in [0.4, 0.5) is 18.9 Å². The SMILES string of the molecule is C=c1c(C)c(O)c(=Cc2ccc(O)c(C(=O)Nc3ccc(C(F)(F)F)cc3)c2)c(C)c1O. The standard InChI is InChI=1S/C24H20F3NO4/c1-12-13(2)22(31)18(14(3)21(12)30)10-15-4-9-20(29)19(11-15)23(32)28-17-7-5-16(6-8-17)24(25,26)27/h4-11,29-31H,1H2,2-3H3,(H,28,32). The molecule has 0 bridgehead atoms. The van der Waals surface area contributed by atoms with Gasteiger partial charge < -0.3 is 20.6 Å². The van der Waals surface area contributed by atoms with E-state index in [1.54, 1.807) is 13.8 Å². The Bertz CT molecular complexity index is 1280. The fourth-order valence-corrected chi connectivity index (χ4v) is 3.16. The summed E-state index contributed by atoms with van der Waals surface area (Å²) in [7, 11) is 0. The van der Waals surface area contributed by atoms with Gasteiger partial charge in [-0.2, -0.15) is 13.2 Å². The number of carbonyl (C=O) groups excluding carboxylic acids is 1. The molecular formula is C24H20F3NO4. The lowest BCUT2D eigenvalue weighted by Crippen LogP contribution is -2.17. The first-order chi connectivity index (χ1) is 14.9. The van der Waals surface area contributed by atoms with Crippen molar-refractivity contribution in [1.82, 2.24) is 0 Å². The van der Waals surface area contributed by atoms with E-state index in [-0.39, 0.29) is 28.5 Å². The number of hydrogen-bond donors (Lipinski definition) is 4. The first-order valence-electron chi connectivity index (χ1n) is 9.43. The molecule has 0 atom stereocenters. The van der Waals surface area contributed by atoms with Crippen LogP contribution >= 0.6 is 0 Å². The first-order valence-corrected chi connectivity index (χ1v) is 9.43. The van der Waals surface area contributed by atoms with Crippen molar-refractivity contribution < 1.29 is 33.3 Å². The second-order valence-corrected chi connectivity index (χ2v) is 7.29. The molecule has 0 aliphatic heterocycles. The number of rotatable bonds is 3. The van der Waals surface area contributed by atoms with E-state index < -0.39 is 17.6 Å². The molecule has 0 saturated heterocycles. The minimum absolute atomic E-state index is 0.0643. The van der Waals surface area contributed by atoms with Crippen LogP contribution < -0.4 is 15.8 Å². The maximum atomic E-state index is 12.7. The third-order valence-corrected chi connectivity index (χ3v) is 5.15. The lowest BCUT2D eigenvalue weighted by atomic mass is 10.0. The maximum Gasteiger partial charge on any atom is 0.416 e. The van der Waals surface area contributed by atoms with Crippen molar-refractivity contribution in [2.45, 2.75) is 20.0 Å². The summed E-state index contributed by atoms with van der Waals surface area (Å²) in [6.07, 6.45) is -2.96. The quantitative estimate of drug-likeness (QED) is 0.462. The van der Waals surface area contributed by atoms with Gasteiger partial charge >= 0.3 is 6.18 Å². The molecule has 3 aromatic rings. The van der Waals surface area contributed by atoms with Crippen LogP contribution in [0.25, 0.3) is 12.7 Å². The molecule has 0 fully saturated rings. The van der Waals surface area contributed by atoms with Crippen LogP contribution in [0.3, 0.4) is 0 Å². The highest BCUT2D eigenvalue weighted by atomic mass is 19.4. The van der Waals surface area contributed by atoms with Crippen LogP contribution in [0.1, 0.15) is 32.6 Å². The summed E-state index contributed by atoms with van der Waals surface area (Å²) in [5.41, 5.74) is 0.383. The molecule has 166 valence electrons. The Morgan fingerprint density at radius 2 is 1.59 bits per heavy atom. The van der Waals surface area contributed by atoms with Crippen LogP contribution in [0.5, 0.6) is 17.2 Å². The number of carbonyl (C=O) groups is 1. The molecule has 0 aliphatic carbocycles. The summed E-state index contributed by atoms with van der Waals surface area (Å²) >= 11 is 0. The highest BCUT2D eigenvalue weighted by Gasteiger charge is 2.30. The molecule has 8 heteroatoms. The number of phenols is 3. The van der Waals surface area contributed by atoms with Crippen LogP contribution in [0.15, 0.2) is 42.5 Å². The summed E-state index contributed by atoms with van der Waals surface area (Å²) in [6.45, 7) is 6.93. The summed E-state index contributed by atoms with van der Waals surface area (Å²) < 4.78 is 38.1. The van der Waals surface area contributed by atoms with Crippen LogP contribution in [-0.2, 0) is 6.18 Å². The van der Waals surface area contributed by atoms with E-state index in [1.807, 2.05) is 0 Å². The van der Waals surface area contributed by atoms with Gasteiger partial charge in [-0.05, 0) is 61.9 Å². The first kappa shape index (κ1) is 22.7. The zero-order chi connectivity index (χ0) is 23.8. The van der Waals surface area contributed by atoms with Crippen LogP contribution in [-0.4, -0.2) is 21.2 Å². The predicted molar refractivity (Wildman–Crippen MR) is 115 cm³/mol. The van der Waals surface area contributed by atoms with E-state index >= 15 is 0 Å². The van der Waals surface area contributed by atoms with Gasteiger partial charge in [-0.1, -0.05) is 12.6 Å². The van der Waals surface area contributed by atoms with Crippen molar-refractivity contribution >= 4 is 24.2 Å². The van der Waals surface area contributed by atoms with E-state index in [1.165, 1.54) is 24.3 Å². The molecule has 0 heterocycles. The minimum Gasteiger partial charge on any atom is -0.507 e. The van der Waals surface area contributed by atoms with E-state index in [0.29, 0.717) is 27.1 Å². The number of halogens is 3. The Balaban J connectivity index is 1.97. The zero-order valence-electron chi connectivity index (χ0n) is 17.2. The van der Waals surface area contributed by atoms with E-state index in [4.69, 9.17) is 0 Å². The fraction of sp³-hybridized carbons (Fsp3) is 0.125. The molecule has 0 aliphatic rings. The third kappa shape index (κ3) is 4.39. The second-order valence-electron chi connectivity index (χ2n) is 7.29. The largest absolute Gasteiger partial charge is 0.507 e. The van der Waals surface area contributed by atoms with Crippen molar-refractivity contribution in [1.29, 1.82) is 0 Å². The maximum absolute atomic E-state index is 12.7. The predicted octanol–water partition coefficient (Wildman–Crippen LogP) is 3.93. The number of anilines is 1. The van der Waals surface area contributed by atoms with Gasteiger partial charge in [-0.25, -0.2) is 0 Å². The molecular weight excluding hydrogens is 423 g/mol. The number of alkyl halides is 3. The topological polar surface area (TPSA) is 89.8 Å². The van der Waals surface area contributed by atoms with Gasteiger partial charge in [0.25, 0.3) is 5.91 Å². The Kier molecular flexibility index (Phi) is 5.90. The molecule has 1 amide bonds. The highest BCUT2D eigenvalue weighted by molar-refractivity contribution is 6.06. The average Bonchev–Trinajstić information content (AvgIpc) is 2.74. The number of benzene rings is 3. The van der Waals surface area contributed by atoms with Crippen molar-refractivity contribution in [3.05, 3.63) is 80.7 Å². The Morgan fingerprint density at radius 1 is 0.969 bits per heavy atom. The Morgan fingerprint density at radius 3 is 2.19 bits per heavy atom. The van der Waals surface area contributed by atoms with Gasteiger partial charge in [-0.3, -0.25) is 4.79 Å². The summed E-state index contributed by atoms with van der Waals surface area (Å²) in [5.74, 6) is -1.20. The Hall–Kier alpha value is -3.94. The number of aromatic hydroxyl groups is 3. The monoisotopic (exact) mass is 443 g/mol. The van der Waals surface area contributed by atoms with Gasteiger partial charge in [0.05, 0.1) is 11.1 Å². The van der Waals surface area contributed by atoms with Crippen molar-refractivity contribution in [3.8, 4) is 17.2 Å². The third-order valence-electron chi connectivity index (χ3n) is 5.15. The van der Waals surface area contributed by atoms with Crippen molar-refractivity contribution in [3.63, 3.8) is 0 Å². The molecule has 3 rings (SSSR count). The number of hydrogen-bond acceptors (Lipinski definition) is 4.